The van der Waals surface area contributed by atoms with E-state index in [9.17, 15) is 4.39 Å². The van der Waals surface area contributed by atoms with Gasteiger partial charge >= 0.3 is 0 Å². The summed E-state index contributed by atoms with van der Waals surface area (Å²) < 4.78 is 19.4. The molecule has 0 radical (unpaired) electrons. The summed E-state index contributed by atoms with van der Waals surface area (Å²) in [7, 11) is 1.51. The topological polar surface area (TPSA) is 24.5 Å². The minimum absolute atomic E-state index is 0.230. The lowest BCUT2D eigenvalue weighted by molar-refractivity contribution is 0.123. The van der Waals surface area contributed by atoms with Crippen LogP contribution in [0, 0.1) is 11.7 Å². The molecule has 1 heterocycles. The molecule has 1 aromatic carbocycles. The largest absolute Gasteiger partial charge is 0.494 e. The van der Waals surface area contributed by atoms with Crippen LogP contribution in [0.3, 0.4) is 0 Å². The molecule has 0 spiro atoms. The van der Waals surface area contributed by atoms with Crippen LogP contribution >= 0.6 is 0 Å². The third-order valence-corrected chi connectivity index (χ3v) is 4.17. The zero-order valence-corrected chi connectivity index (χ0v) is 13.5. The standard InChI is InChI=1S/C17H27FN2O/c1-12(2)8-15-11-20(13(3)9-19-15)10-14-6-5-7-16(21-4)17(14)18/h5-7,12-13,15,19H,8-11H2,1-4H3. The maximum Gasteiger partial charge on any atom is 0.169 e. The molecule has 1 aliphatic rings. The van der Waals surface area contributed by atoms with E-state index < -0.39 is 0 Å². The minimum atomic E-state index is -0.230. The van der Waals surface area contributed by atoms with E-state index in [-0.39, 0.29) is 5.82 Å². The second-order valence-electron chi connectivity index (χ2n) is 6.45. The Labute approximate surface area is 127 Å². The Morgan fingerprint density at radius 3 is 2.86 bits per heavy atom. The highest BCUT2D eigenvalue weighted by molar-refractivity contribution is 5.31. The molecule has 4 heteroatoms. The second kappa shape index (κ2) is 7.23. The first kappa shape index (κ1) is 16.2. The van der Waals surface area contributed by atoms with Crippen LogP contribution in [-0.2, 0) is 6.54 Å². The molecule has 0 bridgehead atoms. The van der Waals surface area contributed by atoms with Crippen LogP contribution in [-0.4, -0.2) is 37.2 Å². The summed E-state index contributed by atoms with van der Waals surface area (Å²) in [5.41, 5.74) is 0.714. The van der Waals surface area contributed by atoms with Gasteiger partial charge in [0.15, 0.2) is 11.6 Å². The zero-order chi connectivity index (χ0) is 15.4. The fraction of sp³-hybridized carbons (Fsp3) is 0.647. The van der Waals surface area contributed by atoms with Crippen molar-refractivity contribution >= 4 is 0 Å². The number of nitrogens with zero attached hydrogens (tertiary/aromatic N) is 1. The van der Waals surface area contributed by atoms with Gasteiger partial charge in [-0.3, -0.25) is 4.90 Å². The number of ether oxygens (including phenoxy) is 1. The monoisotopic (exact) mass is 294 g/mol. The summed E-state index contributed by atoms with van der Waals surface area (Å²) in [4.78, 5) is 2.36. The van der Waals surface area contributed by atoms with Crippen LogP contribution in [0.2, 0.25) is 0 Å². The molecular formula is C17H27FN2O. The summed E-state index contributed by atoms with van der Waals surface area (Å²) in [6, 6.07) is 6.29. The molecule has 2 unspecified atom stereocenters. The van der Waals surface area contributed by atoms with E-state index in [2.05, 4.69) is 31.0 Å². The number of piperazine rings is 1. The Hall–Kier alpha value is -1.13. The van der Waals surface area contributed by atoms with Crippen molar-refractivity contribution in [3.63, 3.8) is 0 Å². The molecule has 2 atom stereocenters. The third kappa shape index (κ3) is 4.17. The maximum absolute atomic E-state index is 14.3. The quantitative estimate of drug-likeness (QED) is 0.903. The molecule has 0 aliphatic carbocycles. The van der Waals surface area contributed by atoms with E-state index in [0.29, 0.717) is 35.9 Å². The van der Waals surface area contributed by atoms with E-state index in [1.165, 1.54) is 7.11 Å². The van der Waals surface area contributed by atoms with Crippen molar-refractivity contribution in [2.75, 3.05) is 20.2 Å². The van der Waals surface area contributed by atoms with Gasteiger partial charge in [0.05, 0.1) is 7.11 Å². The lowest BCUT2D eigenvalue weighted by Gasteiger charge is -2.39. The summed E-state index contributed by atoms with van der Waals surface area (Å²) in [5.74, 6) is 0.770. The van der Waals surface area contributed by atoms with Gasteiger partial charge < -0.3 is 10.1 Å². The Bertz CT molecular complexity index is 464. The molecule has 3 nitrogen and oxygen atoms in total. The van der Waals surface area contributed by atoms with E-state index in [0.717, 1.165) is 19.5 Å². The van der Waals surface area contributed by atoms with Crippen molar-refractivity contribution in [1.82, 2.24) is 10.2 Å². The maximum atomic E-state index is 14.3. The van der Waals surface area contributed by atoms with E-state index in [4.69, 9.17) is 4.74 Å². The molecular weight excluding hydrogens is 267 g/mol. The number of methoxy groups -OCH3 is 1. The summed E-state index contributed by atoms with van der Waals surface area (Å²) >= 11 is 0. The number of hydrogen-bond donors (Lipinski definition) is 1. The SMILES string of the molecule is COc1cccc(CN2CC(CC(C)C)NCC2C)c1F. The Kier molecular flexibility index (Phi) is 5.59. The predicted octanol–water partition coefficient (Wildman–Crippen LogP) is 3.04. The molecule has 1 aliphatic heterocycles. The van der Waals surface area contributed by atoms with Crippen molar-refractivity contribution < 1.29 is 9.13 Å². The molecule has 0 saturated carbocycles. The average molecular weight is 294 g/mol. The number of hydrogen-bond acceptors (Lipinski definition) is 3. The summed E-state index contributed by atoms with van der Waals surface area (Å²) in [6.07, 6.45) is 1.16. The highest BCUT2D eigenvalue weighted by Gasteiger charge is 2.26. The normalized spacial score (nSPS) is 23.5. The molecule has 0 amide bonds. The Morgan fingerprint density at radius 2 is 2.19 bits per heavy atom. The van der Waals surface area contributed by atoms with Gasteiger partial charge in [-0.05, 0) is 25.3 Å². The van der Waals surface area contributed by atoms with Crippen molar-refractivity contribution in [1.29, 1.82) is 0 Å². The number of nitrogens with one attached hydrogen (secondary N) is 1. The van der Waals surface area contributed by atoms with E-state index in [1.54, 1.807) is 6.07 Å². The molecule has 2 rings (SSSR count). The van der Waals surface area contributed by atoms with Crippen molar-refractivity contribution in [3.05, 3.63) is 29.6 Å². The Balaban J connectivity index is 2.06. The number of rotatable bonds is 5. The lowest BCUT2D eigenvalue weighted by atomic mass is 9.99. The molecule has 21 heavy (non-hydrogen) atoms. The van der Waals surface area contributed by atoms with Gasteiger partial charge in [-0.1, -0.05) is 26.0 Å². The summed E-state index contributed by atoms with van der Waals surface area (Å²) in [6.45, 7) is 9.24. The molecule has 1 aromatic rings. The van der Waals surface area contributed by atoms with Crippen LogP contribution in [0.5, 0.6) is 5.75 Å². The van der Waals surface area contributed by atoms with E-state index >= 15 is 0 Å². The first-order valence-corrected chi connectivity index (χ1v) is 7.80. The first-order valence-electron chi connectivity index (χ1n) is 7.80. The zero-order valence-electron chi connectivity index (χ0n) is 13.5. The molecule has 1 saturated heterocycles. The second-order valence-corrected chi connectivity index (χ2v) is 6.45. The van der Waals surface area contributed by atoms with Gasteiger partial charge in [-0.25, -0.2) is 4.39 Å². The lowest BCUT2D eigenvalue weighted by Crippen LogP contribution is -2.55. The number of benzene rings is 1. The van der Waals surface area contributed by atoms with Crippen LogP contribution in [0.15, 0.2) is 18.2 Å². The van der Waals surface area contributed by atoms with Crippen LogP contribution < -0.4 is 10.1 Å². The molecule has 1 fully saturated rings. The summed E-state index contributed by atoms with van der Waals surface area (Å²) in [5, 5.41) is 3.59. The van der Waals surface area contributed by atoms with Gasteiger partial charge in [-0.2, -0.15) is 0 Å². The highest BCUT2D eigenvalue weighted by Crippen LogP contribution is 2.23. The highest BCUT2D eigenvalue weighted by atomic mass is 19.1. The Morgan fingerprint density at radius 1 is 1.43 bits per heavy atom. The van der Waals surface area contributed by atoms with Gasteiger partial charge in [0.1, 0.15) is 0 Å². The van der Waals surface area contributed by atoms with Gasteiger partial charge in [0, 0.05) is 37.3 Å². The fourth-order valence-electron chi connectivity index (χ4n) is 3.00. The van der Waals surface area contributed by atoms with Gasteiger partial charge in [0.2, 0.25) is 0 Å². The molecule has 118 valence electrons. The average Bonchev–Trinajstić information content (AvgIpc) is 2.44. The first-order chi connectivity index (χ1) is 10.0. The van der Waals surface area contributed by atoms with Crippen LogP contribution in [0.1, 0.15) is 32.8 Å². The van der Waals surface area contributed by atoms with E-state index in [1.807, 2.05) is 12.1 Å². The number of halogens is 1. The van der Waals surface area contributed by atoms with Crippen LogP contribution in [0.25, 0.3) is 0 Å². The van der Waals surface area contributed by atoms with Gasteiger partial charge in [0.25, 0.3) is 0 Å². The van der Waals surface area contributed by atoms with Crippen molar-refractivity contribution in [2.45, 2.75) is 45.8 Å². The minimum Gasteiger partial charge on any atom is -0.494 e. The molecule has 1 N–H and O–H groups in total. The van der Waals surface area contributed by atoms with Gasteiger partial charge in [-0.15, -0.1) is 0 Å². The third-order valence-electron chi connectivity index (χ3n) is 4.17. The van der Waals surface area contributed by atoms with Crippen molar-refractivity contribution in [2.24, 2.45) is 5.92 Å². The smallest absolute Gasteiger partial charge is 0.169 e. The van der Waals surface area contributed by atoms with Crippen molar-refractivity contribution in [3.8, 4) is 5.75 Å². The van der Waals surface area contributed by atoms with Crippen LogP contribution in [0.4, 0.5) is 4.39 Å². The predicted molar refractivity (Wildman–Crippen MR) is 84.1 cm³/mol. The molecule has 0 aromatic heterocycles. The fourth-order valence-corrected chi connectivity index (χ4v) is 3.00.